The zero-order valence-corrected chi connectivity index (χ0v) is 11.6. The summed E-state index contributed by atoms with van der Waals surface area (Å²) in [5.41, 5.74) is 0.711. The van der Waals surface area contributed by atoms with Crippen molar-refractivity contribution in [2.75, 3.05) is 7.11 Å². The summed E-state index contributed by atoms with van der Waals surface area (Å²) in [7, 11) is 1.50. The number of nitrogens with zero attached hydrogens (tertiary/aromatic N) is 1. The highest BCUT2D eigenvalue weighted by molar-refractivity contribution is 5.87. The highest BCUT2D eigenvalue weighted by atomic mass is 16.6. The standard InChI is InChI=1S/C15H17NO3/c1-15(2,3)19-14(17)8-6-11-5-7-12(10-16)13(9-11)18-4/h5-9H,1-4H3/b8-6+. The molecule has 0 fully saturated rings. The number of methoxy groups -OCH3 is 1. The molecule has 19 heavy (non-hydrogen) atoms. The van der Waals surface area contributed by atoms with Gasteiger partial charge >= 0.3 is 5.97 Å². The van der Waals surface area contributed by atoms with Gasteiger partial charge in [0.15, 0.2) is 0 Å². The van der Waals surface area contributed by atoms with Gasteiger partial charge in [-0.3, -0.25) is 0 Å². The van der Waals surface area contributed by atoms with E-state index in [0.29, 0.717) is 11.3 Å². The van der Waals surface area contributed by atoms with Crippen molar-refractivity contribution in [3.63, 3.8) is 0 Å². The summed E-state index contributed by atoms with van der Waals surface area (Å²) < 4.78 is 10.2. The van der Waals surface area contributed by atoms with Gasteiger partial charge in [-0.05, 0) is 44.5 Å². The van der Waals surface area contributed by atoms with E-state index in [4.69, 9.17) is 14.7 Å². The molecule has 0 saturated carbocycles. The van der Waals surface area contributed by atoms with Crippen molar-refractivity contribution in [3.8, 4) is 11.8 Å². The first-order chi connectivity index (χ1) is 8.85. The summed E-state index contributed by atoms with van der Waals surface area (Å²) in [5, 5.41) is 8.86. The minimum absolute atomic E-state index is 0.407. The van der Waals surface area contributed by atoms with Gasteiger partial charge in [0.1, 0.15) is 17.4 Å². The minimum atomic E-state index is -0.510. The molecule has 0 spiro atoms. The first-order valence-electron chi connectivity index (χ1n) is 5.85. The topological polar surface area (TPSA) is 59.3 Å². The van der Waals surface area contributed by atoms with E-state index in [1.807, 2.05) is 26.8 Å². The zero-order valence-electron chi connectivity index (χ0n) is 11.6. The van der Waals surface area contributed by atoms with Crippen LogP contribution in [0.3, 0.4) is 0 Å². The van der Waals surface area contributed by atoms with Gasteiger partial charge in [-0.2, -0.15) is 5.26 Å². The molecule has 0 N–H and O–H groups in total. The third kappa shape index (κ3) is 4.84. The van der Waals surface area contributed by atoms with Crippen LogP contribution in [0.1, 0.15) is 31.9 Å². The number of rotatable bonds is 3. The quantitative estimate of drug-likeness (QED) is 0.618. The SMILES string of the molecule is COc1cc(/C=C/C(=O)OC(C)(C)C)ccc1C#N. The molecule has 0 aromatic heterocycles. The maximum atomic E-state index is 11.5. The van der Waals surface area contributed by atoms with E-state index in [1.165, 1.54) is 13.2 Å². The predicted molar refractivity (Wildman–Crippen MR) is 72.6 cm³/mol. The third-order valence-electron chi connectivity index (χ3n) is 2.16. The predicted octanol–water partition coefficient (Wildman–Crippen LogP) is 2.92. The molecular weight excluding hydrogens is 242 g/mol. The number of ether oxygens (including phenoxy) is 2. The van der Waals surface area contributed by atoms with Crippen molar-refractivity contribution in [1.29, 1.82) is 5.26 Å². The Hall–Kier alpha value is -2.28. The normalized spacial score (nSPS) is 11.1. The van der Waals surface area contributed by atoms with E-state index >= 15 is 0 Å². The number of nitriles is 1. The Morgan fingerprint density at radius 2 is 2.05 bits per heavy atom. The second-order valence-corrected chi connectivity index (χ2v) is 4.94. The molecular formula is C15H17NO3. The first kappa shape index (κ1) is 14.8. The molecule has 1 aromatic carbocycles. The summed E-state index contributed by atoms with van der Waals surface area (Å²) in [6, 6.07) is 7.11. The first-order valence-corrected chi connectivity index (χ1v) is 5.85. The Bertz CT molecular complexity index is 533. The average molecular weight is 259 g/mol. The van der Waals surface area contributed by atoms with Crippen LogP contribution in [0.15, 0.2) is 24.3 Å². The van der Waals surface area contributed by atoms with E-state index in [2.05, 4.69) is 0 Å². The van der Waals surface area contributed by atoms with Gasteiger partial charge < -0.3 is 9.47 Å². The molecule has 0 amide bonds. The Kier molecular flexibility index (Phi) is 4.71. The number of hydrogen-bond donors (Lipinski definition) is 0. The molecule has 0 atom stereocenters. The largest absolute Gasteiger partial charge is 0.495 e. The van der Waals surface area contributed by atoms with Crippen LogP contribution in [0.5, 0.6) is 5.75 Å². The van der Waals surface area contributed by atoms with Gasteiger partial charge in [0.25, 0.3) is 0 Å². The summed E-state index contributed by atoms with van der Waals surface area (Å²) in [4.78, 5) is 11.5. The van der Waals surface area contributed by atoms with Gasteiger partial charge in [0, 0.05) is 6.08 Å². The van der Waals surface area contributed by atoms with Gasteiger partial charge in [-0.25, -0.2) is 4.79 Å². The summed E-state index contributed by atoms with van der Waals surface area (Å²) >= 11 is 0. The van der Waals surface area contributed by atoms with Gasteiger partial charge in [0.2, 0.25) is 0 Å². The van der Waals surface area contributed by atoms with Crippen LogP contribution < -0.4 is 4.74 Å². The fraction of sp³-hybridized carbons (Fsp3) is 0.333. The van der Waals surface area contributed by atoms with Gasteiger partial charge in [0.05, 0.1) is 12.7 Å². The number of hydrogen-bond acceptors (Lipinski definition) is 4. The smallest absolute Gasteiger partial charge is 0.331 e. The molecule has 0 radical (unpaired) electrons. The number of carbonyl (C=O) groups excluding carboxylic acids is 1. The molecule has 4 nitrogen and oxygen atoms in total. The van der Waals surface area contributed by atoms with Crippen LogP contribution in [0, 0.1) is 11.3 Å². The monoisotopic (exact) mass is 259 g/mol. The number of benzene rings is 1. The minimum Gasteiger partial charge on any atom is -0.495 e. The Morgan fingerprint density at radius 1 is 1.37 bits per heavy atom. The van der Waals surface area contributed by atoms with Crippen LogP contribution in [-0.2, 0) is 9.53 Å². The lowest BCUT2D eigenvalue weighted by atomic mass is 10.1. The maximum Gasteiger partial charge on any atom is 0.331 e. The molecule has 0 unspecified atom stereocenters. The summed E-state index contributed by atoms with van der Waals surface area (Å²) in [6.07, 6.45) is 2.98. The fourth-order valence-corrected chi connectivity index (χ4v) is 1.40. The van der Waals surface area contributed by atoms with E-state index in [9.17, 15) is 4.79 Å². The van der Waals surface area contributed by atoms with Crippen LogP contribution in [-0.4, -0.2) is 18.7 Å². The lowest BCUT2D eigenvalue weighted by Gasteiger charge is -2.17. The maximum absolute atomic E-state index is 11.5. The molecule has 0 aliphatic carbocycles. The Morgan fingerprint density at radius 3 is 2.58 bits per heavy atom. The molecule has 0 bridgehead atoms. The van der Waals surface area contributed by atoms with Crippen molar-refractivity contribution < 1.29 is 14.3 Å². The van der Waals surface area contributed by atoms with Crippen molar-refractivity contribution in [2.45, 2.75) is 26.4 Å². The molecule has 100 valence electrons. The van der Waals surface area contributed by atoms with Gasteiger partial charge in [-0.1, -0.05) is 6.07 Å². The molecule has 4 heteroatoms. The van der Waals surface area contributed by atoms with E-state index in [-0.39, 0.29) is 0 Å². The van der Waals surface area contributed by atoms with Crippen LogP contribution >= 0.6 is 0 Å². The average Bonchev–Trinajstić information content (AvgIpc) is 2.33. The summed E-state index contributed by atoms with van der Waals surface area (Å²) in [6.45, 7) is 5.43. The van der Waals surface area contributed by atoms with Gasteiger partial charge in [-0.15, -0.1) is 0 Å². The number of carbonyl (C=O) groups is 1. The van der Waals surface area contributed by atoms with Crippen molar-refractivity contribution in [2.24, 2.45) is 0 Å². The molecule has 0 aliphatic rings. The molecule has 1 rings (SSSR count). The fourth-order valence-electron chi connectivity index (χ4n) is 1.40. The van der Waals surface area contributed by atoms with E-state index in [1.54, 1.807) is 24.3 Å². The zero-order chi connectivity index (χ0) is 14.5. The molecule has 0 heterocycles. The van der Waals surface area contributed by atoms with Crippen molar-refractivity contribution >= 4 is 12.0 Å². The highest BCUT2D eigenvalue weighted by Crippen LogP contribution is 2.20. The van der Waals surface area contributed by atoms with Crippen molar-refractivity contribution in [1.82, 2.24) is 0 Å². The second-order valence-electron chi connectivity index (χ2n) is 4.94. The highest BCUT2D eigenvalue weighted by Gasteiger charge is 2.13. The van der Waals surface area contributed by atoms with Crippen LogP contribution in [0.4, 0.5) is 0 Å². The summed E-state index contributed by atoms with van der Waals surface area (Å²) in [5.74, 6) is 0.0738. The Balaban J connectivity index is 2.83. The number of esters is 1. The molecule has 0 saturated heterocycles. The van der Waals surface area contributed by atoms with Crippen LogP contribution in [0.25, 0.3) is 6.08 Å². The second kappa shape index (κ2) is 6.05. The lowest BCUT2D eigenvalue weighted by Crippen LogP contribution is -2.22. The third-order valence-corrected chi connectivity index (χ3v) is 2.16. The molecule has 0 aliphatic heterocycles. The molecule has 1 aromatic rings. The van der Waals surface area contributed by atoms with E-state index < -0.39 is 11.6 Å². The lowest BCUT2D eigenvalue weighted by molar-refractivity contribution is -0.148. The van der Waals surface area contributed by atoms with E-state index in [0.717, 1.165) is 5.56 Å². The Labute approximate surface area is 113 Å². The van der Waals surface area contributed by atoms with Crippen molar-refractivity contribution in [3.05, 3.63) is 35.4 Å². The van der Waals surface area contributed by atoms with Crippen LogP contribution in [0.2, 0.25) is 0 Å².